The second-order valence-electron chi connectivity index (χ2n) is 7.26. The monoisotopic (exact) mass is 339 g/mol. The van der Waals surface area contributed by atoms with Gasteiger partial charge in [-0.05, 0) is 45.4 Å². The summed E-state index contributed by atoms with van der Waals surface area (Å²) >= 11 is 0. The Morgan fingerprint density at radius 3 is 2.42 bits per heavy atom. The highest BCUT2D eigenvalue weighted by Crippen LogP contribution is 2.44. The van der Waals surface area contributed by atoms with Crippen molar-refractivity contribution >= 4 is 17.8 Å². The van der Waals surface area contributed by atoms with Crippen LogP contribution in [-0.4, -0.2) is 46.5 Å². The summed E-state index contributed by atoms with van der Waals surface area (Å²) in [6, 6.07) is 0. The summed E-state index contributed by atoms with van der Waals surface area (Å²) < 4.78 is 4.87. The molecule has 24 heavy (non-hydrogen) atoms. The Labute approximate surface area is 143 Å². The number of ether oxygens (including phenoxy) is 1. The van der Waals surface area contributed by atoms with Gasteiger partial charge in [0.25, 0.3) is 0 Å². The topological polar surface area (TPSA) is 83.9 Å². The second-order valence-corrected chi connectivity index (χ2v) is 7.26. The van der Waals surface area contributed by atoms with Crippen molar-refractivity contribution in [2.75, 3.05) is 13.2 Å². The van der Waals surface area contributed by atoms with Crippen LogP contribution in [0.4, 0.5) is 4.79 Å². The van der Waals surface area contributed by atoms with E-state index in [1.807, 2.05) is 6.92 Å². The molecule has 2 atom stereocenters. The Hall–Kier alpha value is -1.59. The third kappa shape index (κ3) is 4.08. The minimum absolute atomic E-state index is 0.111. The predicted octanol–water partition coefficient (Wildman–Crippen LogP) is 3.24. The summed E-state index contributed by atoms with van der Waals surface area (Å²) in [4.78, 5) is 37.3. The number of hydrogen-bond donors (Lipinski definition) is 1. The Morgan fingerprint density at radius 1 is 1.17 bits per heavy atom. The molecule has 1 aliphatic carbocycles. The van der Waals surface area contributed by atoms with Gasteiger partial charge in [0.1, 0.15) is 12.2 Å². The van der Waals surface area contributed by atoms with Crippen molar-refractivity contribution in [2.45, 2.75) is 70.8 Å². The van der Waals surface area contributed by atoms with Gasteiger partial charge >= 0.3 is 12.1 Å². The minimum Gasteiger partial charge on any atom is -0.466 e. The molecule has 0 spiro atoms. The number of esters is 1. The van der Waals surface area contributed by atoms with E-state index in [0.29, 0.717) is 25.3 Å². The molecule has 0 aromatic heterocycles. The third-order valence-electron chi connectivity index (χ3n) is 5.77. The number of carbonyl (C=O) groups is 3. The molecule has 1 aliphatic heterocycles. The molecule has 0 radical (unpaired) electrons. The number of amides is 1. The van der Waals surface area contributed by atoms with E-state index in [0.717, 1.165) is 25.7 Å². The molecule has 1 heterocycles. The van der Waals surface area contributed by atoms with Crippen molar-refractivity contribution in [1.82, 2.24) is 4.90 Å². The predicted molar refractivity (Wildman–Crippen MR) is 88.7 cm³/mol. The molecule has 6 nitrogen and oxygen atoms in total. The highest BCUT2D eigenvalue weighted by atomic mass is 16.5. The number of nitrogens with zero attached hydrogens (tertiary/aromatic N) is 1. The molecular weight excluding hydrogens is 310 g/mol. The zero-order valence-electron chi connectivity index (χ0n) is 14.8. The number of carbonyl (C=O) groups excluding carboxylic acids is 2. The maximum absolute atomic E-state index is 12.5. The van der Waals surface area contributed by atoms with Crippen molar-refractivity contribution in [3.63, 3.8) is 0 Å². The average molecular weight is 339 g/mol. The number of Topliss-reactive ketones (excluding diaryl/α,β-unsaturated/α-hetero) is 1. The van der Waals surface area contributed by atoms with Crippen LogP contribution in [0, 0.1) is 11.8 Å². The van der Waals surface area contributed by atoms with Crippen LogP contribution >= 0.6 is 0 Å². The molecule has 1 saturated heterocycles. The normalized spacial score (nSPS) is 28.4. The van der Waals surface area contributed by atoms with E-state index in [-0.39, 0.29) is 24.7 Å². The van der Waals surface area contributed by atoms with Crippen LogP contribution in [0.5, 0.6) is 0 Å². The fourth-order valence-electron chi connectivity index (χ4n) is 4.45. The van der Waals surface area contributed by atoms with E-state index in [1.54, 1.807) is 6.92 Å². The van der Waals surface area contributed by atoms with Gasteiger partial charge in [0.15, 0.2) is 0 Å². The summed E-state index contributed by atoms with van der Waals surface area (Å²) in [6.07, 6.45) is 5.37. The van der Waals surface area contributed by atoms with Crippen molar-refractivity contribution < 1.29 is 24.2 Å². The largest absolute Gasteiger partial charge is 0.466 e. The van der Waals surface area contributed by atoms with Crippen LogP contribution in [-0.2, 0) is 14.3 Å². The van der Waals surface area contributed by atoms with Gasteiger partial charge in [0.2, 0.25) is 0 Å². The lowest BCUT2D eigenvalue weighted by molar-refractivity contribution is -0.147. The van der Waals surface area contributed by atoms with Crippen LogP contribution in [0.25, 0.3) is 0 Å². The number of ketones is 1. The highest BCUT2D eigenvalue weighted by Gasteiger charge is 2.48. The van der Waals surface area contributed by atoms with Crippen LogP contribution < -0.4 is 0 Å². The van der Waals surface area contributed by atoms with Crippen LogP contribution in [0.15, 0.2) is 0 Å². The second kappa shape index (κ2) is 7.99. The Bertz CT molecular complexity index is 486. The van der Waals surface area contributed by atoms with Gasteiger partial charge in [-0.2, -0.15) is 0 Å². The number of piperidine rings is 1. The van der Waals surface area contributed by atoms with Gasteiger partial charge in [0, 0.05) is 18.0 Å². The van der Waals surface area contributed by atoms with Crippen LogP contribution in [0.2, 0.25) is 0 Å². The summed E-state index contributed by atoms with van der Waals surface area (Å²) in [6.45, 7) is 4.33. The van der Waals surface area contributed by atoms with E-state index in [4.69, 9.17) is 4.74 Å². The Kier molecular flexibility index (Phi) is 6.24. The van der Waals surface area contributed by atoms with E-state index in [2.05, 4.69) is 0 Å². The summed E-state index contributed by atoms with van der Waals surface area (Å²) in [5.74, 6) is -0.555. The molecule has 0 aromatic rings. The van der Waals surface area contributed by atoms with E-state index >= 15 is 0 Å². The average Bonchev–Trinajstić information content (AvgIpc) is 2.55. The number of hydrogen-bond acceptors (Lipinski definition) is 4. The first-order chi connectivity index (χ1) is 11.4. The Balaban J connectivity index is 2.11. The maximum atomic E-state index is 12.5. The number of carboxylic acid groups (broad SMARTS) is 1. The standard InChI is InChI=1S/C18H29NO5/c1-3-24-16(21)11-15(20)13-9-10-19(17(22)23)18(2,12-13)14-7-5-4-6-8-14/h13-14H,3-12H2,1-2H3,(H,22,23)/t13-,18+/m1/s1. The lowest BCUT2D eigenvalue weighted by atomic mass is 9.67. The zero-order chi connectivity index (χ0) is 17.7. The van der Waals surface area contributed by atoms with Gasteiger partial charge in [-0.15, -0.1) is 0 Å². The summed E-state index contributed by atoms with van der Waals surface area (Å²) in [5.41, 5.74) is -0.514. The third-order valence-corrected chi connectivity index (χ3v) is 5.77. The summed E-state index contributed by atoms with van der Waals surface area (Å²) in [5, 5.41) is 9.61. The van der Waals surface area contributed by atoms with Crippen molar-refractivity contribution in [3.8, 4) is 0 Å². The molecule has 2 aliphatic rings. The first-order valence-corrected chi connectivity index (χ1v) is 9.07. The van der Waals surface area contributed by atoms with Crippen molar-refractivity contribution in [3.05, 3.63) is 0 Å². The molecule has 2 rings (SSSR count). The fraction of sp³-hybridized carbons (Fsp3) is 0.833. The van der Waals surface area contributed by atoms with Gasteiger partial charge in [-0.1, -0.05) is 19.3 Å². The van der Waals surface area contributed by atoms with Crippen LogP contribution in [0.1, 0.15) is 65.2 Å². The molecular formula is C18H29NO5. The number of rotatable bonds is 5. The SMILES string of the molecule is CCOC(=O)CC(=O)[C@@H]1CCN(C(=O)O)[C@](C)(C2CCCCC2)C1. The van der Waals surface area contributed by atoms with Crippen molar-refractivity contribution in [1.29, 1.82) is 0 Å². The van der Waals surface area contributed by atoms with E-state index < -0.39 is 17.6 Å². The van der Waals surface area contributed by atoms with E-state index in [1.165, 1.54) is 11.3 Å². The molecule has 1 N–H and O–H groups in total. The molecule has 6 heteroatoms. The first-order valence-electron chi connectivity index (χ1n) is 9.07. The zero-order valence-corrected chi connectivity index (χ0v) is 14.8. The van der Waals surface area contributed by atoms with Crippen molar-refractivity contribution in [2.24, 2.45) is 11.8 Å². The molecule has 136 valence electrons. The maximum Gasteiger partial charge on any atom is 0.407 e. The lowest BCUT2D eigenvalue weighted by Crippen LogP contribution is -2.59. The smallest absolute Gasteiger partial charge is 0.407 e. The molecule has 0 aromatic carbocycles. The molecule has 0 unspecified atom stereocenters. The minimum atomic E-state index is -0.903. The van der Waals surface area contributed by atoms with Gasteiger partial charge in [-0.25, -0.2) is 4.79 Å². The van der Waals surface area contributed by atoms with Gasteiger partial charge in [-0.3, -0.25) is 9.59 Å². The number of likely N-dealkylation sites (tertiary alicyclic amines) is 1. The van der Waals surface area contributed by atoms with Gasteiger partial charge in [0.05, 0.1) is 6.61 Å². The molecule has 0 bridgehead atoms. The molecule has 1 amide bonds. The fourth-order valence-corrected chi connectivity index (χ4v) is 4.45. The lowest BCUT2D eigenvalue weighted by Gasteiger charge is -2.51. The summed E-state index contributed by atoms with van der Waals surface area (Å²) in [7, 11) is 0. The quantitative estimate of drug-likeness (QED) is 0.614. The molecule has 1 saturated carbocycles. The first kappa shape index (κ1) is 18.7. The molecule has 2 fully saturated rings. The van der Waals surface area contributed by atoms with Gasteiger partial charge < -0.3 is 14.7 Å². The Morgan fingerprint density at radius 2 is 1.83 bits per heavy atom. The highest BCUT2D eigenvalue weighted by molar-refractivity contribution is 5.97. The van der Waals surface area contributed by atoms with Crippen LogP contribution in [0.3, 0.4) is 0 Å². The van der Waals surface area contributed by atoms with E-state index in [9.17, 15) is 19.5 Å².